The lowest BCUT2D eigenvalue weighted by Crippen LogP contribution is -2.10. The van der Waals surface area contributed by atoms with Crippen molar-refractivity contribution in [1.82, 2.24) is 14.5 Å². The molecule has 0 unspecified atom stereocenters. The number of nitriles is 2. The van der Waals surface area contributed by atoms with Crippen molar-refractivity contribution in [2.45, 2.75) is 26.2 Å². The van der Waals surface area contributed by atoms with Crippen LogP contribution in [0.3, 0.4) is 0 Å². The molecule has 158 valence electrons. The van der Waals surface area contributed by atoms with Crippen molar-refractivity contribution >= 4 is 21.8 Å². The van der Waals surface area contributed by atoms with Crippen LogP contribution in [-0.4, -0.2) is 14.5 Å². The third-order valence-electron chi connectivity index (χ3n) is 5.94. The van der Waals surface area contributed by atoms with Crippen LogP contribution in [0.2, 0.25) is 0 Å². The lowest BCUT2D eigenvalue weighted by Gasteiger charge is -2.19. The summed E-state index contributed by atoms with van der Waals surface area (Å²) in [7, 11) is 0. The summed E-state index contributed by atoms with van der Waals surface area (Å²) in [6.45, 7) is 6.64. The number of aromatic nitrogens is 3. The number of benzene rings is 3. The van der Waals surface area contributed by atoms with Crippen molar-refractivity contribution in [2.24, 2.45) is 0 Å². The van der Waals surface area contributed by atoms with Gasteiger partial charge in [0.05, 0.1) is 27.8 Å². The standard InChI is InChI=1S/C28H21N5/c1-28(2,3)21-9-11-26-23(13-21)22-6-4-5-7-25(22)33(26)24-10-8-19(12-20(24)15-30)27-31-16-18(14-29)17-32-27/h4-13,16-17H,1-3H3. The first-order valence-electron chi connectivity index (χ1n) is 10.7. The van der Waals surface area contributed by atoms with E-state index >= 15 is 0 Å². The van der Waals surface area contributed by atoms with E-state index < -0.39 is 0 Å². The largest absolute Gasteiger partial charge is 0.308 e. The molecular weight excluding hydrogens is 406 g/mol. The first-order valence-corrected chi connectivity index (χ1v) is 10.7. The SMILES string of the molecule is CC(C)(C)c1ccc2c(c1)c1ccccc1n2-c1ccc(-c2ncc(C#N)cn2)cc1C#N. The van der Waals surface area contributed by atoms with Gasteiger partial charge in [0.15, 0.2) is 5.82 Å². The highest BCUT2D eigenvalue weighted by atomic mass is 15.0. The topological polar surface area (TPSA) is 78.3 Å². The van der Waals surface area contributed by atoms with E-state index in [1.54, 1.807) is 6.07 Å². The van der Waals surface area contributed by atoms with Gasteiger partial charge in [0.25, 0.3) is 0 Å². The Morgan fingerprint density at radius 3 is 2.21 bits per heavy atom. The quantitative estimate of drug-likeness (QED) is 0.332. The van der Waals surface area contributed by atoms with E-state index in [9.17, 15) is 5.26 Å². The summed E-state index contributed by atoms with van der Waals surface area (Å²) >= 11 is 0. The zero-order valence-electron chi connectivity index (χ0n) is 18.7. The number of hydrogen-bond donors (Lipinski definition) is 0. The smallest absolute Gasteiger partial charge is 0.159 e. The van der Waals surface area contributed by atoms with Gasteiger partial charge in [-0.3, -0.25) is 0 Å². The van der Waals surface area contributed by atoms with E-state index in [1.165, 1.54) is 23.3 Å². The predicted octanol–water partition coefficient (Wildman–Crippen LogP) is 6.28. The van der Waals surface area contributed by atoms with Crippen molar-refractivity contribution in [3.05, 3.63) is 89.7 Å². The van der Waals surface area contributed by atoms with Crippen molar-refractivity contribution in [3.63, 3.8) is 0 Å². The second-order valence-electron chi connectivity index (χ2n) is 9.09. The zero-order chi connectivity index (χ0) is 23.2. The average Bonchev–Trinajstić information content (AvgIpc) is 3.17. The molecule has 0 spiro atoms. The van der Waals surface area contributed by atoms with Crippen LogP contribution < -0.4 is 0 Å². The average molecular weight is 428 g/mol. The normalized spacial score (nSPS) is 11.4. The molecular formula is C28H21N5. The number of fused-ring (bicyclic) bond motifs is 3. The number of rotatable bonds is 2. The van der Waals surface area contributed by atoms with Crippen molar-refractivity contribution in [2.75, 3.05) is 0 Å². The Kier molecular flexibility index (Phi) is 4.69. The minimum Gasteiger partial charge on any atom is -0.308 e. The Labute approximate surface area is 192 Å². The molecule has 0 N–H and O–H groups in total. The van der Waals surface area contributed by atoms with E-state index in [4.69, 9.17) is 5.26 Å². The van der Waals surface area contributed by atoms with Gasteiger partial charge in [0.1, 0.15) is 12.1 Å². The van der Waals surface area contributed by atoms with Gasteiger partial charge in [-0.2, -0.15) is 10.5 Å². The fraction of sp³-hybridized carbons (Fsp3) is 0.143. The van der Waals surface area contributed by atoms with Gasteiger partial charge in [-0.25, -0.2) is 9.97 Å². The lowest BCUT2D eigenvalue weighted by atomic mass is 9.86. The molecule has 5 rings (SSSR count). The van der Waals surface area contributed by atoms with Crippen LogP contribution in [0.4, 0.5) is 0 Å². The van der Waals surface area contributed by atoms with E-state index in [0.717, 1.165) is 27.7 Å². The highest BCUT2D eigenvalue weighted by Crippen LogP contribution is 2.36. The van der Waals surface area contributed by atoms with E-state index in [2.05, 4.69) is 71.7 Å². The molecule has 0 aliphatic heterocycles. The number of para-hydroxylation sites is 1. The summed E-state index contributed by atoms with van der Waals surface area (Å²) in [6, 6.07) is 24.9. The van der Waals surface area contributed by atoms with E-state index in [0.29, 0.717) is 17.0 Å². The van der Waals surface area contributed by atoms with E-state index in [-0.39, 0.29) is 5.41 Å². The Balaban J connectivity index is 1.74. The third kappa shape index (κ3) is 3.41. The van der Waals surface area contributed by atoms with Crippen LogP contribution in [0.5, 0.6) is 0 Å². The fourth-order valence-corrected chi connectivity index (χ4v) is 4.19. The van der Waals surface area contributed by atoms with Crippen molar-refractivity contribution in [3.8, 4) is 29.2 Å². The molecule has 33 heavy (non-hydrogen) atoms. The fourth-order valence-electron chi connectivity index (χ4n) is 4.19. The Morgan fingerprint density at radius 2 is 1.52 bits per heavy atom. The maximum Gasteiger partial charge on any atom is 0.159 e. The summed E-state index contributed by atoms with van der Waals surface area (Å²) in [4.78, 5) is 8.54. The van der Waals surface area contributed by atoms with Gasteiger partial charge in [-0.05, 0) is 47.4 Å². The zero-order valence-corrected chi connectivity index (χ0v) is 18.7. The molecule has 0 aliphatic carbocycles. The third-order valence-corrected chi connectivity index (χ3v) is 5.94. The highest BCUT2D eigenvalue weighted by Gasteiger charge is 2.19. The molecule has 0 aliphatic rings. The molecule has 5 nitrogen and oxygen atoms in total. The van der Waals surface area contributed by atoms with Gasteiger partial charge < -0.3 is 4.57 Å². The van der Waals surface area contributed by atoms with Crippen LogP contribution in [-0.2, 0) is 5.41 Å². The molecule has 0 radical (unpaired) electrons. The summed E-state index contributed by atoms with van der Waals surface area (Å²) < 4.78 is 2.15. The van der Waals surface area contributed by atoms with Crippen LogP contribution in [0.15, 0.2) is 73.1 Å². The van der Waals surface area contributed by atoms with Gasteiger partial charge >= 0.3 is 0 Å². The van der Waals surface area contributed by atoms with Crippen LogP contribution in [0.1, 0.15) is 37.5 Å². The first-order chi connectivity index (χ1) is 15.9. The molecule has 2 heterocycles. The maximum absolute atomic E-state index is 10.0. The predicted molar refractivity (Wildman–Crippen MR) is 130 cm³/mol. The van der Waals surface area contributed by atoms with Gasteiger partial charge in [0, 0.05) is 28.7 Å². The lowest BCUT2D eigenvalue weighted by molar-refractivity contribution is 0.591. The molecule has 0 saturated carbocycles. The van der Waals surface area contributed by atoms with E-state index in [1.807, 2.05) is 30.3 Å². The van der Waals surface area contributed by atoms with Crippen LogP contribution in [0.25, 0.3) is 38.9 Å². The molecule has 0 amide bonds. The second-order valence-corrected chi connectivity index (χ2v) is 9.09. The monoisotopic (exact) mass is 427 g/mol. The maximum atomic E-state index is 10.0. The molecule has 2 aromatic heterocycles. The Morgan fingerprint density at radius 1 is 0.788 bits per heavy atom. The minimum absolute atomic E-state index is 0.0396. The van der Waals surface area contributed by atoms with Gasteiger partial charge in [-0.1, -0.05) is 45.0 Å². The molecule has 3 aromatic carbocycles. The number of nitrogens with zero attached hydrogens (tertiary/aromatic N) is 5. The second kappa shape index (κ2) is 7.58. The Bertz CT molecular complexity index is 1600. The summed E-state index contributed by atoms with van der Waals surface area (Å²) in [5.74, 6) is 0.481. The molecule has 0 fully saturated rings. The minimum atomic E-state index is 0.0396. The summed E-state index contributed by atoms with van der Waals surface area (Å²) in [5.41, 5.74) is 5.89. The summed E-state index contributed by atoms with van der Waals surface area (Å²) in [5, 5.41) is 21.3. The first kappa shape index (κ1) is 20.4. The van der Waals surface area contributed by atoms with Crippen LogP contribution >= 0.6 is 0 Å². The van der Waals surface area contributed by atoms with Crippen molar-refractivity contribution in [1.29, 1.82) is 10.5 Å². The molecule has 0 bridgehead atoms. The Hall–Kier alpha value is -4.48. The highest BCUT2D eigenvalue weighted by molar-refractivity contribution is 6.09. The van der Waals surface area contributed by atoms with Crippen LogP contribution in [0, 0.1) is 22.7 Å². The molecule has 5 heteroatoms. The van der Waals surface area contributed by atoms with Gasteiger partial charge in [0.2, 0.25) is 0 Å². The summed E-state index contributed by atoms with van der Waals surface area (Å²) in [6.07, 6.45) is 2.98. The molecule has 5 aromatic rings. The molecule has 0 atom stereocenters. The molecule has 0 saturated heterocycles. The number of hydrogen-bond acceptors (Lipinski definition) is 4. The van der Waals surface area contributed by atoms with Crippen molar-refractivity contribution < 1.29 is 0 Å². The van der Waals surface area contributed by atoms with Gasteiger partial charge in [-0.15, -0.1) is 0 Å².